The lowest BCUT2D eigenvalue weighted by molar-refractivity contribution is -0.142. The summed E-state index contributed by atoms with van der Waals surface area (Å²) in [6, 6.07) is 8.00. The number of hydrogen-bond donors (Lipinski definition) is 8. The molecule has 15 nitrogen and oxygen atoms in total. The molecule has 0 saturated heterocycles. The molecule has 0 aromatic heterocycles. The van der Waals surface area contributed by atoms with Gasteiger partial charge in [0.2, 0.25) is 35.4 Å². The number of unbranched alkanes of at least 4 members (excludes halogenated alkanes) is 11. The highest BCUT2D eigenvalue weighted by Gasteiger charge is 2.30. The monoisotopic (exact) mass is 1070 g/mol. The summed E-state index contributed by atoms with van der Waals surface area (Å²) in [5.41, 5.74) is 12.4. The number of amides is 6. The maximum atomic E-state index is 13.3. The normalized spacial score (nSPS) is 13.5. The van der Waals surface area contributed by atoms with Crippen molar-refractivity contribution in [2.24, 2.45) is 17.4 Å². The maximum Gasteiger partial charge on any atom is 0.326 e. The lowest BCUT2D eigenvalue weighted by atomic mass is 9.97. The molecule has 0 heterocycles. The fourth-order valence-corrected chi connectivity index (χ4v) is 8.64. The van der Waals surface area contributed by atoms with Crippen molar-refractivity contribution < 1.29 is 43.8 Å². The average Bonchev–Trinajstić information content (AvgIpc) is 3.20. The van der Waals surface area contributed by atoms with E-state index >= 15 is 0 Å². The van der Waals surface area contributed by atoms with Crippen LogP contribution in [0.15, 0.2) is 42.5 Å². The zero-order valence-corrected chi connectivity index (χ0v) is 39.6. The number of carbonyl (C=O) groups excluding carboxylic acids is 6. The molecular weight excluding hydrogens is 1010 g/mol. The van der Waals surface area contributed by atoms with E-state index in [-0.39, 0.29) is 36.8 Å². The lowest BCUT2D eigenvalue weighted by Crippen LogP contribution is -2.55. The second-order valence-electron chi connectivity index (χ2n) is 15.6. The van der Waals surface area contributed by atoms with Gasteiger partial charge in [0.05, 0.1) is 13.6 Å². The van der Waals surface area contributed by atoms with E-state index in [1.807, 2.05) is 59.0 Å². The molecule has 10 N–H and O–H groups in total. The molecule has 0 fully saturated rings. The van der Waals surface area contributed by atoms with Crippen LogP contribution >= 0.6 is 45.2 Å². The minimum absolute atomic E-state index is 0.0424. The van der Waals surface area contributed by atoms with Crippen LogP contribution in [0.5, 0.6) is 5.75 Å². The molecular formula is C44H64I2N6O9. The van der Waals surface area contributed by atoms with Crippen LogP contribution in [0.2, 0.25) is 0 Å². The second-order valence-corrected chi connectivity index (χ2v) is 18.0. The van der Waals surface area contributed by atoms with Crippen LogP contribution in [0.3, 0.4) is 0 Å². The number of carbonyl (C=O) groups is 7. The van der Waals surface area contributed by atoms with Gasteiger partial charge in [0.1, 0.15) is 29.9 Å². The number of rotatable bonds is 31. The molecule has 0 aliphatic rings. The summed E-state index contributed by atoms with van der Waals surface area (Å²) in [7, 11) is 0. The summed E-state index contributed by atoms with van der Waals surface area (Å²) in [6.07, 6.45) is 12.4. The van der Waals surface area contributed by atoms with E-state index in [2.05, 4.69) is 21.3 Å². The second kappa shape index (κ2) is 29.3. The highest BCUT2D eigenvalue weighted by atomic mass is 127. The molecule has 0 unspecified atom stereocenters. The Bertz CT molecular complexity index is 1730. The topological polar surface area (TPSA) is 260 Å². The number of carboxylic acids is 1. The van der Waals surface area contributed by atoms with E-state index in [9.17, 15) is 43.8 Å². The summed E-state index contributed by atoms with van der Waals surface area (Å²) >= 11 is 4.01. The molecule has 2 aromatic carbocycles. The Balaban J connectivity index is 1.59. The van der Waals surface area contributed by atoms with Gasteiger partial charge in [-0.15, -0.1) is 0 Å². The summed E-state index contributed by atoms with van der Waals surface area (Å²) < 4.78 is 1.25. The fraction of sp³-hybridized carbons (Fsp3) is 0.568. The Morgan fingerprint density at radius 3 is 1.54 bits per heavy atom. The van der Waals surface area contributed by atoms with E-state index in [0.717, 1.165) is 69.8 Å². The molecule has 2 aromatic rings. The third-order valence-electron chi connectivity index (χ3n) is 10.5. The van der Waals surface area contributed by atoms with Crippen molar-refractivity contribution in [1.29, 1.82) is 0 Å². The highest BCUT2D eigenvalue weighted by molar-refractivity contribution is 14.1. The molecule has 338 valence electrons. The van der Waals surface area contributed by atoms with E-state index in [1.165, 1.54) is 0 Å². The molecule has 0 aliphatic heterocycles. The SMILES string of the molecule is CC[C@H](C)[C@H](NC(=O)CCCCCCCCCCCCCCC(=O)N[C@@H](CC(N)=O)C(=O)N[C@@H](Cc1ccccc1)C(=O)O)C(=O)N[C@@H](Cc1cc(I)c(O)c(I)c1)C(N)=O. The van der Waals surface area contributed by atoms with E-state index in [0.29, 0.717) is 38.4 Å². The number of nitrogens with one attached hydrogen (secondary N) is 4. The number of benzene rings is 2. The minimum atomic E-state index is -1.27. The van der Waals surface area contributed by atoms with Crippen LogP contribution in [-0.2, 0) is 46.4 Å². The molecule has 0 saturated carbocycles. The smallest absolute Gasteiger partial charge is 0.326 e. The lowest BCUT2D eigenvalue weighted by Gasteiger charge is -2.26. The molecule has 0 radical (unpaired) electrons. The van der Waals surface area contributed by atoms with E-state index in [4.69, 9.17) is 11.5 Å². The van der Waals surface area contributed by atoms with Crippen molar-refractivity contribution in [1.82, 2.24) is 21.3 Å². The third-order valence-corrected chi connectivity index (χ3v) is 12.1. The van der Waals surface area contributed by atoms with Crippen molar-refractivity contribution in [2.45, 2.75) is 154 Å². The van der Waals surface area contributed by atoms with Crippen molar-refractivity contribution in [2.75, 3.05) is 0 Å². The first-order valence-electron chi connectivity index (χ1n) is 21.2. The standard InChI is InChI=1S/C44H64I2N6O9/c1-3-28(2)39(43(59)50-33(41(48)57)26-30-23-31(45)40(56)32(46)24-30)52-38(55)22-18-13-11-9-7-5-4-6-8-10-12-17-21-37(54)49-34(27-36(47)53)42(58)51-35(44(60)61)25-29-19-15-14-16-20-29/h14-16,19-20,23-24,28,33-35,39,56H,3-13,17-18,21-22,25-27H2,1-2H3,(H2,47,53)(H2,48,57)(H,49,54)(H,50,59)(H,51,58)(H,52,55)(H,60,61)/t28-,33-,34-,35-,39-/m0/s1. The van der Waals surface area contributed by atoms with Gasteiger partial charge in [-0.1, -0.05) is 115 Å². The molecule has 0 spiro atoms. The van der Waals surface area contributed by atoms with Crippen LogP contribution < -0.4 is 32.7 Å². The van der Waals surface area contributed by atoms with Crippen molar-refractivity contribution in [3.63, 3.8) is 0 Å². The van der Waals surface area contributed by atoms with Crippen LogP contribution in [-0.4, -0.2) is 75.8 Å². The van der Waals surface area contributed by atoms with E-state index < -0.39 is 66.1 Å². The number of hydrogen-bond acceptors (Lipinski definition) is 8. The number of aromatic hydroxyl groups is 1. The largest absolute Gasteiger partial charge is 0.506 e. The number of aliphatic carboxylic acids is 1. The van der Waals surface area contributed by atoms with Gasteiger partial charge in [-0.25, -0.2) is 4.79 Å². The summed E-state index contributed by atoms with van der Waals surface area (Å²) in [4.78, 5) is 87.3. The Morgan fingerprint density at radius 1 is 0.623 bits per heavy atom. The number of halogens is 2. The molecule has 61 heavy (non-hydrogen) atoms. The number of phenolic OH excluding ortho intramolecular Hbond substituents is 1. The zero-order chi connectivity index (χ0) is 45.3. The van der Waals surface area contributed by atoms with Crippen LogP contribution in [0.4, 0.5) is 0 Å². The number of primary amides is 2. The predicted octanol–water partition coefficient (Wildman–Crippen LogP) is 5.28. The summed E-state index contributed by atoms with van der Waals surface area (Å²) in [5.74, 6) is -4.57. The summed E-state index contributed by atoms with van der Waals surface area (Å²) in [6.45, 7) is 3.81. The minimum Gasteiger partial charge on any atom is -0.506 e. The molecule has 17 heteroatoms. The van der Waals surface area contributed by atoms with Gasteiger partial charge in [-0.3, -0.25) is 28.8 Å². The Morgan fingerprint density at radius 2 is 1.08 bits per heavy atom. The molecule has 0 bridgehead atoms. The van der Waals surface area contributed by atoms with Gasteiger partial charge in [0.25, 0.3) is 0 Å². The van der Waals surface area contributed by atoms with Crippen LogP contribution in [0.25, 0.3) is 0 Å². The number of phenols is 1. The molecule has 0 aliphatic carbocycles. The van der Waals surface area contributed by atoms with Crippen molar-refractivity contribution >= 4 is 86.6 Å². The number of carboxylic acid groups (broad SMARTS) is 1. The maximum absolute atomic E-state index is 13.3. The van der Waals surface area contributed by atoms with Gasteiger partial charge in [-0.05, 0) is 87.2 Å². The first kappa shape index (κ1) is 53.1. The Labute approximate surface area is 386 Å². The molecule has 5 atom stereocenters. The summed E-state index contributed by atoms with van der Waals surface area (Å²) in [5, 5.41) is 30.3. The predicted molar refractivity (Wildman–Crippen MR) is 250 cm³/mol. The van der Waals surface area contributed by atoms with Gasteiger partial charge < -0.3 is 42.9 Å². The highest BCUT2D eigenvalue weighted by Crippen LogP contribution is 2.28. The van der Waals surface area contributed by atoms with Gasteiger partial charge in [0, 0.05) is 25.7 Å². The van der Waals surface area contributed by atoms with Gasteiger partial charge in [-0.2, -0.15) is 0 Å². The van der Waals surface area contributed by atoms with Gasteiger partial charge >= 0.3 is 5.97 Å². The first-order chi connectivity index (χ1) is 29.0. The van der Waals surface area contributed by atoms with Crippen molar-refractivity contribution in [3.8, 4) is 5.75 Å². The molecule has 2 rings (SSSR count). The van der Waals surface area contributed by atoms with Crippen LogP contribution in [0, 0.1) is 13.1 Å². The van der Waals surface area contributed by atoms with Gasteiger partial charge in [0.15, 0.2) is 0 Å². The Hall–Kier alpha value is -4.01. The Kier molecular flexibility index (Phi) is 25.5. The third kappa shape index (κ3) is 21.6. The van der Waals surface area contributed by atoms with E-state index in [1.54, 1.807) is 42.5 Å². The fourth-order valence-electron chi connectivity index (χ4n) is 6.74. The molecule has 6 amide bonds. The van der Waals surface area contributed by atoms with Crippen molar-refractivity contribution in [3.05, 3.63) is 60.7 Å². The quantitative estimate of drug-likeness (QED) is 0.0361. The zero-order valence-electron chi connectivity index (χ0n) is 35.3. The average molecular weight is 1070 g/mol. The van der Waals surface area contributed by atoms with Crippen LogP contribution in [0.1, 0.15) is 128 Å². The number of nitrogens with two attached hydrogens (primary N) is 2. The first-order valence-corrected chi connectivity index (χ1v) is 23.4.